The second-order valence-electron chi connectivity index (χ2n) is 4.81. The Hall–Kier alpha value is -3.10. The van der Waals surface area contributed by atoms with Gasteiger partial charge in [0.15, 0.2) is 0 Å². The molecular weight excluding hydrogens is 316 g/mol. The zero-order valence-electron chi connectivity index (χ0n) is 12.5. The Morgan fingerprint density at radius 1 is 0.667 bits per heavy atom. The summed E-state index contributed by atoms with van der Waals surface area (Å²) >= 11 is 0. The van der Waals surface area contributed by atoms with Crippen molar-refractivity contribution in [3.05, 3.63) is 59.7 Å². The lowest BCUT2D eigenvalue weighted by Gasteiger charge is -2.05. The Bertz CT molecular complexity index is 623. The summed E-state index contributed by atoms with van der Waals surface area (Å²) in [5, 5.41) is 34.8. The molecule has 2 aromatic rings. The lowest BCUT2D eigenvalue weighted by Crippen LogP contribution is -2.20. The molecule has 2 rings (SSSR count). The van der Waals surface area contributed by atoms with Crippen molar-refractivity contribution < 1.29 is 30.0 Å². The highest BCUT2D eigenvalue weighted by atomic mass is 16.4. The summed E-state index contributed by atoms with van der Waals surface area (Å²) in [6.07, 6.45) is 0. The van der Waals surface area contributed by atoms with E-state index in [0.29, 0.717) is 11.1 Å². The summed E-state index contributed by atoms with van der Waals surface area (Å²) < 4.78 is 0. The molecule has 0 fully saturated rings. The monoisotopic (exact) mass is 334 g/mol. The quantitative estimate of drug-likeness (QED) is 0.480. The zero-order chi connectivity index (χ0) is 18.3. The van der Waals surface area contributed by atoms with E-state index in [1.807, 2.05) is 0 Å². The van der Waals surface area contributed by atoms with Crippen molar-refractivity contribution in [1.29, 1.82) is 0 Å². The number of carbonyl (C=O) groups is 2. The van der Waals surface area contributed by atoms with Gasteiger partial charge >= 0.3 is 11.9 Å². The second kappa shape index (κ2) is 8.51. The molecular formula is C16H18N2O6. The van der Waals surface area contributed by atoms with E-state index in [0.717, 1.165) is 0 Å². The highest BCUT2D eigenvalue weighted by Crippen LogP contribution is 2.15. The molecule has 0 spiro atoms. The Morgan fingerprint density at radius 2 is 0.917 bits per heavy atom. The van der Waals surface area contributed by atoms with Crippen LogP contribution in [0.4, 0.5) is 0 Å². The van der Waals surface area contributed by atoms with E-state index in [1.54, 1.807) is 0 Å². The Kier molecular flexibility index (Phi) is 6.72. The minimum atomic E-state index is -1.08. The van der Waals surface area contributed by atoms with Crippen LogP contribution >= 0.6 is 0 Å². The maximum Gasteiger partial charge on any atom is 0.325 e. The van der Waals surface area contributed by atoms with Crippen LogP contribution < -0.4 is 11.5 Å². The van der Waals surface area contributed by atoms with Crippen molar-refractivity contribution >= 4 is 11.9 Å². The van der Waals surface area contributed by atoms with Gasteiger partial charge in [-0.15, -0.1) is 0 Å². The number of carboxylic acids is 2. The van der Waals surface area contributed by atoms with Crippen LogP contribution in [0, 0.1) is 0 Å². The SMILES string of the molecule is NC(C(=O)O)c1ccc(O)cc1.NC(C(=O)O)c1ccc(O)cc1. The summed E-state index contributed by atoms with van der Waals surface area (Å²) in [6, 6.07) is 9.48. The predicted molar refractivity (Wildman–Crippen MR) is 85.3 cm³/mol. The van der Waals surface area contributed by atoms with E-state index in [-0.39, 0.29) is 11.5 Å². The predicted octanol–water partition coefficient (Wildman–Crippen LogP) is 0.953. The Balaban J connectivity index is 0.000000240. The summed E-state index contributed by atoms with van der Waals surface area (Å²) in [5.74, 6) is -1.98. The number of aromatic hydroxyl groups is 2. The molecule has 0 radical (unpaired) electrons. The minimum Gasteiger partial charge on any atom is -0.508 e. The van der Waals surface area contributed by atoms with Crippen molar-refractivity contribution in [2.24, 2.45) is 11.5 Å². The van der Waals surface area contributed by atoms with E-state index in [1.165, 1.54) is 48.5 Å². The van der Waals surface area contributed by atoms with Crippen LogP contribution in [0.3, 0.4) is 0 Å². The molecule has 0 bridgehead atoms. The third-order valence-corrected chi connectivity index (χ3v) is 3.04. The number of phenols is 2. The summed E-state index contributed by atoms with van der Waals surface area (Å²) in [5.41, 5.74) is 11.6. The molecule has 8 nitrogen and oxygen atoms in total. The van der Waals surface area contributed by atoms with Crippen LogP contribution in [0.1, 0.15) is 23.2 Å². The molecule has 8 heteroatoms. The molecule has 128 valence electrons. The number of nitrogens with two attached hydrogens (primary N) is 2. The number of phenolic OH excluding ortho intramolecular Hbond substituents is 2. The number of benzene rings is 2. The van der Waals surface area contributed by atoms with Crippen LogP contribution in [0.25, 0.3) is 0 Å². The van der Waals surface area contributed by atoms with Crippen molar-refractivity contribution in [3.8, 4) is 11.5 Å². The van der Waals surface area contributed by atoms with E-state index >= 15 is 0 Å². The van der Waals surface area contributed by atoms with Gasteiger partial charge in [-0.2, -0.15) is 0 Å². The largest absolute Gasteiger partial charge is 0.508 e. The molecule has 2 aromatic carbocycles. The fourth-order valence-corrected chi connectivity index (χ4v) is 1.65. The molecule has 2 atom stereocenters. The average molecular weight is 334 g/mol. The maximum atomic E-state index is 10.4. The fourth-order valence-electron chi connectivity index (χ4n) is 1.65. The normalized spacial score (nSPS) is 12.4. The smallest absolute Gasteiger partial charge is 0.325 e. The van der Waals surface area contributed by atoms with E-state index in [9.17, 15) is 9.59 Å². The lowest BCUT2D eigenvalue weighted by atomic mass is 10.1. The molecule has 2 unspecified atom stereocenters. The first kappa shape index (κ1) is 18.9. The molecule has 0 heterocycles. The first-order chi connectivity index (χ1) is 11.2. The number of rotatable bonds is 4. The van der Waals surface area contributed by atoms with Crippen molar-refractivity contribution in [1.82, 2.24) is 0 Å². The van der Waals surface area contributed by atoms with Crippen LogP contribution in [-0.2, 0) is 9.59 Å². The minimum absolute atomic E-state index is 0.0938. The lowest BCUT2D eigenvalue weighted by molar-refractivity contribution is -0.139. The highest BCUT2D eigenvalue weighted by molar-refractivity contribution is 5.75. The van der Waals surface area contributed by atoms with Crippen molar-refractivity contribution in [2.75, 3.05) is 0 Å². The van der Waals surface area contributed by atoms with Gasteiger partial charge in [0.25, 0.3) is 0 Å². The number of hydrogen-bond donors (Lipinski definition) is 6. The third-order valence-electron chi connectivity index (χ3n) is 3.04. The third kappa shape index (κ3) is 5.59. The highest BCUT2D eigenvalue weighted by Gasteiger charge is 2.13. The van der Waals surface area contributed by atoms with E-state index in [4.69, 9.17) is 31.9 Å². The molecule has 8 N–H and O–H groups in total. The molecule has 0 aromatic heterocycles. The molecule has 0 aliphatic rings. The van der Waals surface area contributed by atoms with Gasteiger partial charge in [0.05, 0.1) is 0 Å². The van der Waals surface area contributed by atoms with Gasteiger partial charge in [0.2, 0.25) is 0 Å². The van der Waals surface area contributed by atoms with Crippen LogP contribution in [-0.4, -0.2) is 32.4 Å². The standard InChI is InChI=1S/2C8H9NO3/c2*9-7(8(11)12)5-1-3-6(10)4-2-5/h2*1-4,7,10H,9H2,(H,11,12). The first-order valence-corrected chi connectivity index (χ1v) is 6.77. The first-order valence-electron chi connectivity index (χ1n) is 6.77. The summed E-state index contributed by atoms with van der Waals surface area (Å²) in [4.78, 5) is 20.8. The maximum absolute atomic E-state index is 10.4. The van der Waals surface area contributed by atoms with Crippen molar-refractivity contribution in [3.63, 3.8) is 0 Å². The number of aliphatic carboxylic acids is 2. The topological polar surface area (TPSA) is 167 Å². The van der Waals surface area contributed by atoms with Gasteiger partial charge in [0, 0.05) is 0 Å². The van der Waals surface area contributed by atoms with Gasteiger partial charge in [-0.05, 0) is 35.4 Å². The van der Waals surface area contributed by atoms with Gasteiger partial charge < -0.3 is 31.9 Å². The zero-order valence-corrected chi connectivity index (χ0v) is 12.5. The molecule has 0 aliphatic carbocycles. The molecule has 0 saturated heterocycles. The number of hydrogen-bond acceptors (Lipinski definition) is 6. The average Bonchev–Trinajstić information content (AvgIpc) is 2.55. The molecule has 0 saturated carbocycles. The second-order valence-corrected chi connectivity index (χ2v) is 4.81. The van der Waals surface area contributed by atoms with Gasteiger partial charge in [0.1, 0.15) is 23.6 Å². The van der Waals surface area contributed by atoms with Gasteiger partial charge in [-0.3, -0.25) is 9.59 Å². The summed E-state index contributed by atoms with van der Waals surface area (Å²) in [6.45, 7) is 0. The number of carboxylic acid groups (broad SMARTS) is 2. The molecule has 0 amide bonds. The van der Waals surface area contributed by atoms with E-state index in [2.05, 4.69) is 0 Å². The Morgan fingerprint density at radius 3 is 1.12 bits per heavy atom. The van der Waals surface area contributed by atoms with Gasteiger partial charge in [-0.25, -0.2) is 0 Å². The molecule has 24 heavy (non-hydrogen) atoms. The molecule has 0 aliphatic heterocycles. The van der Waals surface area contributed by atoms with Gasteiger partial charge in [-0.1, -0.05) is 24.3 Å². The van der Waals surface area contributed by atoms with Crippen LogP contribution in [0.2, 0.25) is 0 Å². The Labute approximate surface area is 137 Å². The van der Waals surface area contributed by atoms with Crippen molar-refractivity contribution in [2.45, 2.75) is 12.1 Å². The fraction of sp³-hybridized carbons (Fsp3) is 0.125. The van der Waals surface area contributed by atoms with Crippen LogP contribution in [0.5, 0.6) is 11.5 Å². The van der Waals surface area contributed by atoms with E-state index < -0.39 is 24.0 Å². The summed E-state index contributed by atoms with van der Waals surface area (Å²) in [7, 11) is 0. The van der Waals surface area contributed by atoms with Crippen LogP contribution in [0.15, 0.2) is 48.5 Å².